The number of hydrogen-bond acceptors (Lipinski definition) is 4. The molecule has 2 aliphatic heterocycles. The van der Waals surface area contributed by atoms with Crippen molar-refractivity contribution in [2.75, 3.05) is 6.54 Å². The molecule has 0 aliphatic carbocycles. The first-order valence-electron chi connectivity index (χ1n) is 8.93. The van der Waals surface area contributed by atoms with Crippen molar-refractivity contribution in [1.82, 2.24) is 10.2 Å². The van der Waals surface area contributed by atoms with Crippen LogP contribution in [0.4, 0.5) is 5.69 Å². The van der Waals surface area contributed by atoms with Gasteiger partial charge in [0.05, 0.1) is 4.92 Å². The summed E-state index contributed by atoms with van der Waals surface area (Å²) in [6.45, 7) is 4.58. The predicted octanol–water partition coefficient (Wildman–Crippen LogP) is 3.45. The summed E-state index contributed by atoms with van der Waals surface area (Å²) in [5, 5.41) is 14.5. The van der Waals surface area contributed by atoms with Gasteiger partial charge >= 0.3 is 0 Å². The molecule has 2 atom stereocenters. The molecule has 1 amide bonds. The monoisotopic (exact) mass is 379 g/mol. The van der Waals surface area contributed by atoms with E-state index >= 15 is 0 Å². The van der Waals surface area contributed by atoms with Gasteiger partial charge in [-0.1, -0.05) is 18.2 Å². The number of amides is 1. The van der Waals surface area contributed by atoms with Crippen LogP contribution in [0, 0.1) is 16.0 Å². The zero-order valence-corrected chi connectivity index (χ0v) is 15.6. The molecule has 0 spiro atoms. The second kappa shape index (κ2) is 9.14. The van der Waals surface area contributed by atoms with E-state index in [0.29, 0.717) is 37.5 Å². The van der Waals surface area contributed by atoms with Crippen LogP contribution in [-0.2, 0) is 11.3 Å². The van der Waals surface area contributed by atoms with E-state index in [0.717, 1.165) is 18.4 Å². The Bertz CT molecular complexity index is 655. The van der Waals surface area contributed by atoms with Gasteiger partial charge in [-0.25, -0.2) is 0 Å². The molecule has 7 heteroatoms. The minimum Gasteiger partial charge on any atom is -0.335 e. The quantitative estimate of drug-likeness (QED) is 0.447. The summed E-state index contributed by atoms with van der Waals surface area (Å²) in [6, 6.07) is 7.62. The number of benzene rings is 1. The lowest BCUT2D eigenvalue weighted by Crippen LogP contribution is -2.40. The van der Waals surface area contributed by atoms with Crippen LogP contribution in [0.1, 0.15) is 37.7 Å². The molecule has 2 aliphatic rings. The van der Waals surface area contributed by atoms with Crippen molar-refractivity contribution < 1.29 is 9.72 Å². The number of piperidine rings is 1. The molecule has 2 fully saturated rings. The van der Waals surface area contributed by atoms with E-state index in [9.17, 15) is 14.9 Å². The number of fused-ring (bicyclic) bond motifs is 2. The van der Waals surface area contributed by atoms with Crippen molar-refractivity contribution in [3.8, 4) is 0 Å². The summed E-state index contributed by atoms with van der Waals surface area (Å²) in [4.78, 5) is 25.1. The lowest BCUT2D eigenvalue weighted by Gasteiger charge is -2.30. The van der Waals surface area contributed by atoms with Gasteiger partial charge in [0.2, 0.25) is 5.91 Å². The van der Waals surface area contributed by atoms with Crippen molar-refractivity contribution in [2.45, 2.75) is 50.7 Å². The summed E-state index contributed by atoms with van der Waals surface area (Å²) in [6.07, 6.45) is 6.85. The van der Waals surface area contributed by atoms with Gasteiger partial charge in [-0.05, 0) is 37.2 Å². The first-order valence-corrected chi connectivity index (χ1v) is 8.93. The number of nitrogens with zero attached hydrogens (tertiary/aromatic N) is 2. The maximum Gasteiger partial charge on any atom is 0.269 e. The fourth-order valence-corrected chi connectivity index (χ4v) is 4.12. The highest BCUT2D eigenvalue weighted by Crippen LogP contribution is 2.33. The van der Waals surface area contributed by atoms with Crippen molar-refractivity contribution >= 4 is 24.0 Å². The van der Waals surface area contributed by atoms with E-state index in [-0.39, 0.29) is 24.0 Å². The molecular weight excluding hydrogens is 354 g/mol. The zero-order chi connectivity index (χ0) is 17.8. The van der Waals surface area contributed by atoms with E-state index in [4.69, 9.17) is 0 Å². The molecule has 1 N–H and O–H groups in total. The molecule has 2 bridgehead atoms. The van der Waals surface area contributed by atoms with Crippen molar-refractivity contribution in [2.24, 2.45) is 5.92 Å². The van der Waals surface area contributed by atoms with Gasteiger partial charge in [0.1, 0.15) is 0 Å². The number of carbonyl (C=O) groups excluding carboxylic acids is 1. The maximum atomic E-state index is 12.8. The summed E-state index contributed by atoms with van der Waals surface area (Å²) in [7, 11) is 0. The molecule has 142 valence electrons. The van der Waals surface area contributed by atoms with Crippen LogP contribution in [0.5, 0.6) is 0 Å². The lowest BCUT2D eigenvalue weighted by atomic mass is 9.89. The molecule has 2 saturated heterocycles. The minimum atomic E-state index is -0.409. The number of nitro benzene ring substituents is 1. The number of halogens is 1. The normalized spacial score (nSPS) is 23.8. The van der Waals surface area contributed by atoms with Gasteiger partial charge in [-0.2, -0.15) is 0 Å². The minimum absolute atomic E-state index is 0. The van der Waals surface area contributed by atoms with Gasteiger partial charge in [0.15, 0.2) is 0 Å². The SMILES string of the molecule is C=CCN(Cc1cccc([N+](=O)[O-])c1)C(=O)CC1CC2CCC(C1)N2.Cl. The van der Waals surface area contributed by atoms with E-state index in [1.165, 1.54) is 25.0 Å². The molecule has 3 rings (SSSR count). The third kappa shape index (κ3) is 5.05. The smallest absolute Gasteiger partial charge is 0.269 e. The Labute approximate surface area is 160 Å². The Morgan fingerprint density at radius 2 is 2.04 bits per heavy atom. The third-order valence-corrected chi connectivity index (χ3v) is 5.23. The molecule has 0 aromatic heterocycles. The van der Waals surface area contributed by atoms with E-state index in [2.05, 4.69) is 11.9 Å². The molecule has 26 heavy (non-hydrogen) atoms. The first kappa shape index (κ1) is 20.4. The third-order valence-electron chi connectivity index (χ3n) is 5.23. The maximum absolute atomic E-state index is 12.8. The molecule has 2 unspecified atom stereocenters. The Balaban J connectivity index is 0.00000243. The van der Waals surface area contributed by atoms with Crippen LogP contribution < -0.4 is 5.32 Å². The number of carbonyl (C=O) groups is 1. The van der Waals surface area contributed by atoms with Crippen molar-refractivity contribution in [3.05, 3.63) is 52.6 Å². The van der Waals surface area contributed by atoms with Crippen LogP contribution in [0.3, 0.4) is 0 Å². The van der Waals surface area contributed by atoms with Gasteiger partial charge < -0.3 is 10.2 Å². The standard InChI is InChI=1S/C19H25N3O3.ClH/c1-2-8-21(13-14-4-3-5-18(11-14)22(24)25)19(23)12-15-9-16-6-7-17(10-15)20-16;/h2-5,11,15-17,20H,1,6-10,12-13H2;1H. The summed E-state index contributed by atoms with van der Waals surface area (Å²) >= 11 is 0. The molecule has 0 saturated carbocycles. The van der Waals surface area contributed by atoms with Crippen LogP contribution in [0.15, 0.2) is 36.9 Å². The van der Waals surface area contributed by atoms with E-state index in [1.54, 1.807) is 17.0 Å². The molecule has 2 heterocycles. The van der Waals surface area contributed by atoms with Crippen molar-refractivity contribution in [1.29, 1.82) is 0 Å². The Morgan fingerprint density at radius 3 is 2.65 bits per heavy atom. The Morgan fingerprint density at radius 1 is 1.35 bits per heavy atom. The van der Waals surface area contributed by atoms with Crippen LogP contribution in [0.2, 0.25) is 0 Å². The molecule has 0 radical (unpaired) electrons. The topological polar surface area (TPSA) is 75.5 Å². The fourth-order valence-electron chi connectivity index (χ4n) is 4.12. The number of nitrogens with one attached hydrogen (secondary N) is 1. The summed E-state index contributed by atoms with van der Waals surface area (Å²) in [5.41, 5.74) is 0.827. The summed E-state index contributed by atoms with van der Waals surface area (Å²) in [5.74, 6) is 0.543. The number of non-ortho nitro benzene ring substituents is 1. The predicted molar refractivity (Wildman–Crippen MR) is 103 cm³/mol. The Kier molecular flexibility index (Phi) is 7.17. The summed E-state index contributed by atoms with van der Waals surface area (Å²) < 4.78 is 0. The van der Waals surface area contributed by atoms with E-state index in [1.807, 2.05) is 6.07 Å². The molecule has 1 aromatic rings. The Hall–Kier alpha value is -1.92. The second-order valence-electron chi connectivity index (χ2n) is 7.17. The number of hydrogen-bond donors (Lipinski definition) is 1. The molecule has 6 nitrogen and oxygen atoms in total. The van der Waals surface area contributed by atoms with Gasteiger partial charge in [-0.3, -0.25) is 14.9 Å². The highest BCUT2D eigenvalue weighted by Gasteiger charge is 2.34. The van der Waals surface area contributed by atoms with Gasteiger partial charge in [0, 0.05) is 43.7 Å². The van der Waals surface area contributed by atoms with Gasteiger partial charge in [0.25, 0.3) is 5.69 Å². The van der Waals surface area contributed by atoms with Crippen LogP contribution in [0.25, 0.3) is 0 Å². The lowest BCUT2D eigenvalue weighted by molar-refractivity contribution is -0.384. The average molecular weight is 380 g/mol. The van der Waals surface area contributed by atoms with Crippen molar-refractivity contribution in [3.63, 3.8) is 0 Å². The highest BCUT2D eigenvalue weighted by molar-refractivity contribution is 5.85. The van der Waals surface area contributed by atoms with Crippen LogP contribution in [-0.4, -0.2) is 34.4 Å². The molecular formula is C19H26ClN3O3. The molecule has 1 aromatic carbocycles. The average Bonchev–Trinajstić information content (AvgIpc) is 2.93. The highest BCUT2D eigenvalue weighted by atomic mass is 35.5. The zero-order valence-electron chi connectivity index (χ0n) is 14.8. The van der Waals surface area contributed by atoms with Gasteiger partial charge in [-0.15, -0.1) is 19.0 Å². The van der Waals surface area contributed by atoms with Crippen LogP contribution >= 0.6 is 12.4 Å². The first-order chi connectivity index (χ1) is 12.0. The van der Waals surface area contributed by atoms with E-state index < -0.39 is 4.92 Å². The number of nitro groups is 1. The second-order valence-corrected chi connectivity index (χ2v) is 7.17. The largest absolute Gasteiger partial charge is 0.335 e. The number of rotatable bonds is 7. The fraction of sp³-hybridized carbons (Fsp3) is 0.526.